The first-order chi connectivity index (χ1) is 14.1. The molecule has 7 nitrogen and oxygen atoms in total. The van der Waals surface area contributed by atoms with Crippen molar-refractivity contribution in [3.05, 3.63) is 47.0 Å². The molecule has 2 aliphatic rings. The summed E-state index contributed by atoms with van der Waals surface area (Å²) < 4.78 is 5.62. The number of amides is 2. The zero-order valence-electron chi connectivity index (χ0n) is 16.1. The zero-order valence-corrected chi connectivity index (χ0v) is 16.9. The van der Waals surface area contributed by atoms with Gasteiger partial charge < -0.3 is 9.64 Å². The maximum Gasteiger partial charge on any atom is 0.313 e. The second kappa shape index (κ2) is 8.73. The summed E-state index contributed by atoms with van der Waals surface area (Å²) in [6, 6.07) is 9.11. The van der Waals surface area contributed by atoms with Crippen LogP contribution in [0.1, 0.15) is 43.0 Å². The lowest BCUT2D eigenvalue weighted by Gasteiger charge is -2.23. The SMILES string of the molecule is O=C(Cc1csc(N2CCCC2=O)n1)OC(C(=O)N1CCCC1)c1ccccc1. The van der Waals surface area contributed by atoms with Crippen LogP contribution in [-0.2, 0) is 25.5 Å². The first kappa shape index (κ1) is 19.6. The van der Waals surface area contributed by atoms with Gasteiger partial charge in [0.05, 0.1) is 12.1 Å². The molecule has 2 aromatic rings. The van der Waals surface area contributed by atoms with Gasteiger partial charge >= 0.3 is 5.97 Å². The van der Waals surface area contributed by atoms with E-state index in [0.717, 1.165) is 19.3 Å². The van der Waals surface area contributed by atoms with Crippen LogP contribution in [0.15, 0.2) is 35.7 Å². The Bertz CT molecular complexity index is 892. The first-order valence-corrected chi connectivity index (χ1v) is 10.8. The topological polar surface area (TPSA) is 79.8 Å². The molecule has 1 aromatic carbocycles. The van der Waals surface area contributed by atoms with Crippen molar-refractivity contribution >= 4 is 34.3 Å². The van der Waals surface area contributed by atoms with Gasteiger partial charge in [0, 0.05) is 37.0 Å². The number of benzene rings is 1. The number of anilines is 1. The Balaban J connectivity index is 1.44. The summed E-state index contributed by atoms with van der Waals surface area (Å²) in [6.07, 6.45) is 2.33. The number of hydrogen-bond acceptors (Lipinski definition) is 6. The first-order valence-electron chi connectivity index (χ1n) is 9.90. The maximum absolute atomic E-state index is 12.9. The average molecular weight is 413 g/mol. The van der Waals surface area contributed by atoms with E-state index in [0.29, 0.717) is 42.4 Å². The molecule has 1 aromatic heterocycles. The molecule has 0 spiro atoms. The van der Waals surface area contributed by atoms with Crippen LogP contribution < -0.4 is 4.90 Å². The number of nitrogens with zero attached hydrogens (tertiary/aromatic N) is 3. The van der Waals surface area contributed by atoms with Crippen LogP contribution in [0.2, 0.25) is 0 Å². The van der Waals surface area contributed by atoms with Gasteiger partial charge in [0.15, 0.2) is 5.13 Å². The lowest BCUT2D eigenvalue weighted by atomic mass is 10.1. The van der Waals surface area contributed by atoms with Crippen molar-refractivity contribution in [2.45, 2.75) is 38.2 Å². The molecule has 0 aliphatic carbocycles. The highest BCUT2D eigenvalue weighted by Gasteiger charge is 2.31. The molecule has 2 amide bonds. The summed E-state index contributed by atoms with van der Waals surface area (Å²) in [5.74, 6) is -0.617. The monoisotopic (exact) mass is 413 g/mol. The van der Waals surface area contributed by atoms with Crippen molar-refractivity contribution in [3.63, 3.8) is 0 Å². The molecule has 2 fully saturated rings. The Morgan fingerprint density at radius 1 is 1.10 bits per heavy atom. The molecule has 0 N–H and O–H groups in total. The van der Waals surface area contributed by atoms with Crippen LogP contribution >= 0.6 is 11.3 Å². The predicted molar refractivity (Wildman–Crippen MR) is 108 cm³/mol. The standard InChI is InChI=1S/C21H23N3O4S/c25-17-9-6-12-24(17)21-22-16(14-29-21)13-18(26)28-19(15-7-2-1-3-8-15)20(27)23-10-4-5-11-23/h1-3,7-8,14,19H,4-6,9-13H2. The van der Waals surface area contributed by atoms with E-state index in [4.69, 9.17) is 4.74 Å². The fourth-order valence-corrected chi connectivity index (χ4v) is 4.53. The Labute approximate surface area is 173 Å². The summed E-state index contributed by atoms with van der Waals surface area (Å²) in [5.41, 5.74) is 1.22. The van der Waals surface area contributed by atoms with E-state index < -0.39 is 12.1 Å². The summed E-state index contributed by atoms with van der Waals surface area (Å²) >= 11 is 1.35. The third-order valence-electron chi connectivity index (χ3n) is 5.16. The third kappa shape index (κ3) is 4.48. The smallest absolute Gasteiger partial charge is 0.313 e. The number of aromatic nitrogens is 1. The second-order valence-corrected chi connectivity index (χ2v) is 8.10. The fraction of sp³-hybridized carbons (Fsp3) is 0.429. The number of hydrogen-bond donors (Lipinski definition) is 0. The molecule has 0 saturated carbocycles. The number of ether oxygens (including phenoxy) is 1. The van der Waals surface area contributed by atoms with Gasteiger partial charge in [-0.1, -0.05) is 30.3 Å². The quantitative estimate of drug-likeness (QED) is 0.681. The normalized spacial score (nSPS) is 17.6. The van der Waals surface area contributed by atoms with E-state index >= 15 is 0 Å². The molecule has 3 heterocycles. The number of thiazole rings is 1. The molecule has 1 atom stereocenters. The highest BCUT2D eigenvalue weighted by Crippen LogP contribution is 2.27. The third-order valence-corrected chi connectivity index (χ3v) is 6.08. The zero-order chi connectivity index (χ0) is 20.2. The average Bonchev–Trinajstić information content (AvgIpc) is 3.48. The summed E-state index contributed by atoms with van der Waals surface area (Å²) in [4.78, 5) is 45.2. The van der Waals surface area contributed by atoms with Crippen molar-refractivity contribution in [2.24, 2.45) is 0 Å². The highest BCUT2D eigenvalue weighted by molar-refractivity contribution is 7.14. The Kier molecular flexibility index (Phi) is 5.89. The van der Waals surface area contributed by atoms with Crippen LogP contribution in [0.25, 0.3) is 0 Å². The number of likely N-dealkylation sites (tertiary alicyclic amines) is 1. The fourth-order valence-electron chi connectivity index (χ4n) is 3.67. The predicted octanol–water partition coefficient (Wildman–Crippen LogP) is 2.72. The highest BCUT2D eigenvalue weighted by atomic mass is 32.1. The summed E-state index contributed by atoms with van der Waals surface area (Å²) in [7, 11) is 0. The second-order valence-electron chi connectivity index (χ2n) is 7.26. The van der Waals surface area contributed by atoms with Gasteiger partial charge in [-0.2, -0.15) is 0 Å². The molecule has 4 rings (SSSR count). The summed E-state index contributed by atoms with van der Waals surface area (Å²) in [6.45, 7) is 2.05. The molecule has 152 valence electrons. The van der Waals surface area contributed by atoms with Crippen LogP contribution in [0, 0.1) is 0 Å². The van der Waals surface area contributed by atoms with E-state index in [2.05, 4.69) is 4.98 Å². The van der Waals surface area contributed by atoms with Gasteiger partial charge in [-0.25, -0.2) is 4.98 Å². The minimum Gasteiger partial charge on any atom is -0.447 e. The van der Waals surface area contributed by atoms with Gasteiger partial charge in [-0.3, -0.25) is 19.3 Å². The van der Waals surface area contributed by atoms with Crippen molar-refractivity contribution in [2.75, 3.05) is 24.5 Å². The van der Waals surface area contributed by atoms with Gasteiger partial charge in [-0.05, 0) is 19.3 Å². The number of carbonyl (C=O) groups is 3. The molecule has 8 heteroatoms. The Morgan fingerprint density at radius 3 is 2.55 bits per heavy atom. The summed E-state index contributed by atoms with van der Waals surface area (Å²) in [5, 5.41) is 2.38. The van der Waals surface area contributed by atoms with Gasteiger partial charge in [0.1, 0.15) is 0 Å². The molecule has 0 bridgehead atoms. The van der Waals surface area contributed by atoms with Crippen molar-refractivity contribution in [1.82, 2.24) is 9.88 Å². The number of carbonyl (C=O) groups excluding carboxylic acids is 3. The lowest BCUT2D eigenvalue weighted by molar-refractivity contribution is -0.160. The molecule has 0 radical (unpaired) electrons. The van der Waals surface area contributed by atoms with Crippen LogP contribution in [0.4, 0.5) is 5.13 Å². The van der Waals surface area contributed by atoms with E-state index in [1.165, 1.54) is 11.3 Å². The Morgan fingerprint density at radius 2 is 1.86 bits per heavy atom. The largest absolute Gasteiger partial charge is 0.447 e. The molecular formula is C21H23N3O4S. The van der Waals surface area contributed by atoms with Crippen molar-refractivity contribution in [1.29, 1.82) is 0 Å². The Hall–Kier alpha value is -2.74. The van der Waals surface area contributed by atoms with E-state index in [1.807, 2.05) is 18.2 Å². The van der Waals surface area contributed by atoms with Gasteiger partial charge in [0.2, 0.25) is 12.0 Å². The lowest BCUT2D eigenvalue weighted by Crippen LogP contribution is -2.35. The van der Waals surface area contributed by atoms with Crippen LogP contribution in [-0.4, -0.2) is 47.3 Å². The van der Waals surface area contributed by atoms with E-state index in [9.17, 15) is 14.4 Å². The van der Waals surface area contributed by atoms with Crippen molar-refractivity contribution in [3.8, 4) is 0 Å². The molecule has 2 aliphatic heterocycles. The van der Waals surface area contributed by atoms with E-state index in [1.54, 1.807) is 27.3 Å². The maximum atomic E-state index is 12.9. The molecule has 29 heavy (non-hydrogen) atoms. The van der Waals surface area contributed by atoms with Crippen LogP contribution in [0.5, 0.6) is 0 Å². The van der Waals surface area contributed by atoms with Crippen LogP contribution in [0.3, 0.4) is 0 Å². The molecule has 2 saturated heterocycles. The molecular weight excluding hydrogens is 390 g/mol. The van der Waals surface area contributed by atoms with Gasteiger partial charge in [-0.15, -0.1) is 11.3 Å². The van der Waals surface area contributed by atoms with E-state index in [-0.39, 0.29) is 18.2 Å². The molecule has 1 unspecified atom stereocenters. The number of rotatable bonds is 6. The van der Waals surface area contributed by atoms with Gasteiger partial charge in [0.25, 0.3) is 5.91 Å². The number of esters is 1. The minimum atomic E-state index is -0.944. The van der Waals surface area contributed by atoms with Crippen molar-refractivity contribution < 1.29 is 19.1 Å². The minimum absolute atomic E-state index is 0.0326.